The molecule has 0 spiro atoms. The van der Waals surface area contributed by atoms with Crippen molar-refractivity contribution in [1.29, 1.82) is 0 Å². The van der Waals surface area contributed by atoms with E-state index in [0.29, 0.717) is 42.8 Å². The summed E-state index contributed by atoms with van der Waals surface area (Å²) in [6.07, 6.45) is 3.96. The van der Waals surface area contributed by atoms with Gasteiger partial charge < -0.3 is 14.6 Å². The van der Waals surface area contributed by atoms with Crippen LogP contribution in [-0.2, 0) is 11.2 Å². The first-order valence-corrected chi connectivity index (χ1v) is 11.2. The van der Waals surface area contributed by atoms with Crippen LogP contribution in [0.2, 0.25) is 0 Å². The Morgan fingerprint density at radius 1 is 1.18 bits per heavy atom. The summed E-state index contributed by atoms with van der Waals surface area (Å²) >= 11 is 0. The Labute approximate surface area is 188 Å². The van der Waals surface area contributed by atoms with E-state index in [9.17, 15) is 14.0 Å². The van der Waals surface area contributed by atoms with Gasteiger partial charge in [-0.2, -0.15) is 0 Å². The highest BCUT2D eigenvalue weighted by Crippen LogP contribution is 2.32. The molecule has 2 aliphatic heterocycles. The molecule has 0 bridgehead atoms. The lowest BCUT2D eigenvalue weighted by atomic mass is 9.99. The first kappa shape index (κ1) is 20.1. The third-order valence-electron chi connectivity index (χ3n) is 6.85. The molecule has 1 saturated heterocycles. The fourth-order valence-electron chi connectivity index (χ4n) is 5.14. The Kier molecular flexibility index (Phi) is 4.58. The van der Waals surface area contributed by atoms with Gasteiger partial charge in [-0.05, 0) is 67.6 Å². The molecule has 0 radical (unpaired) electrons. The van der Waals surface area contributed by atoms with Crippen LogP contribution in [0.1, 0.15) is 46.1 Å². The summed E-state index contributed by atoms with van der Waals surface area (Å²) in [6.45, 7) is 3.76. The number of nitrogens with zero attached hydrogens (tertiary/aromatic N) is 3. The number of carbonyl (C=O) groups excluding carboxylic acids is 1. The van der Waals surface area contributed by atoms with Gasteiger partial charge in [-0.25, -0.2) is 9.37 Å². The Morgan fingerprint density at radius 2 is 2.00 bits per heavy atom. The maximum Gasteiger partial charge on any atom is 0.274 e. The van der Waals surface area contributed by atoms with Crippen LogP contribution in [0.5, 0.6) is 0 Å². The Morgan fingerprint density at radius 3 is 2.82 bits per heavy atom. The molecular formula is C25H23FN4O3. The van der Waals surface area contributed by atoms with Crippen LogP contribution < -0.4 is 10.5 Å². The molecule has 0 atom stereocenters. The predicted molar refractivity (Wildman–Crippen MR) is 123 cm³/mol. The smallest absolute Gasteiger partial charge is 0.274 e. The SMILES string of the molecule is Cc1cc2c(cc1C(=O)N1CCc3cc(F)ccc31)[nH]c(=O)c1cnc(C3CCOCC3)n12. The molecular weight excluding hydrogens is 423 g/mol. The molecule has 1 amide bonds. The fourth-order valence-corrected chi connectivity index (χ4v) is 5.14. The van der Waals surface area contributed by atoms with Crippen LogP contribution in [0.3, 0.4) is 0 Å². The summed E-state index contributed by atoms with van der Waals surface area (Å²) in [6, 6.07) is 8.22. The molecule has 4 heterocycles. The molecule has 0 saturated carbocycles. The second-order valence-corrected chi connectivity index (χ2v) is 8.84. The number of H-pyrrole nitrogens is 1. The molecule has 6 rings (SSSR count). The standard InChI is InChI=1S/C25H23FN4O3/c1-14-10-21-19(12-18(14)25(32)29-7-4-16-11-17(26)2-3-20(16)29)28-24(31)22-13-27-23(30(21)22)15-5-8-33-9-6-15/h2-3,10-13,15H,4-9H2,1H3,(H,28,31). The molecule has 0 aliphatic carbocycles. The monoisotopic (exact) mass is 446 g/mol. The summed E-state index contributed by atoms with van der Waals surface area (Å²) < 4.78 is 21.0. The lowest BCUT2D eigenvalue weighted by Crippen LogP contribution is -2.29. The lowest BCUT2D eigenvalue weighted by molar-refractivity contribution is 0.0835. The maximum absolute atomic E-state index is 13.6. The van der Waals surface area contributed by atoms with Crippen molar-refractivity contribution < 1.29 is 13.9 Å². The second-order valence-electron chi connectivity index (χ2n) is 8.84. The highest BCUT2D eigenvalue weighted by Gasteiger charge is 2.28. The molecule has 1 fully saturated rings. The lowest BCUT2D eigenvalue weighted by Gasteiger charge is -2.22. The molecule has 4 aromatic rings. The number of nitrogens with one attached hydrogen (secondary N) is 1. The number of rotatable bonds is 2. The minimum Gasteiger partial charge on any atom is -0.381 e. The van der Waals surface area contributed by atoms with Crippen molar-refractivity contribution in [3.63, 3.8) is 0 Å². The number of aromatic amines is 1. The van der Waals surface area contributed by atoms with Crippen LogP contribution >= 0.6 is 0 Å². The summed E-state index contributed by atoms with van der Waals surface area (Å²) in [7, 11) is 0. The van der Waals surface area contributed by atoms with Gasteiger partial charge in [0.1, 0.15) is 17.2 Å². The number of hydrogen-bond acceptors (Lipinski definition) is 4. The zero-order chi connectivity index (χ0) is 22.7. The second kappa shape index (κ2) is 7.52. The van der Waals surface area contributed by atoms with Crippen LogP contribution in [0.25, 0.3) is 16.6 Å². The number of imidazole rings is 1. The average molecular weight is 446 g/mol. The van der Waals surface area contributed by atoms with Crippen molar-refractivity contribution >= 4 is 28.1 Å². The Hall–Kier alpha value is -3.52. The normalized spacial score (nSPS) is 16.6. The van der Waals surface area contributed by atoms with Crippen molar-refractivity contribution in [3.8, 4) is 0 Å². The van der Waals surface area contributed by atoms with Gasteiger partial charge in [-0.1, -0.05) is 0 Å². The van der Waals surface area contributed by atoms with Gasteiger partial charge >= 0.3 is 0 Å². The molecule has 8 heteroatoms. The highest BCUT2D eigenvalue weighted by molar-refractivity contribution is 6.09. The van der Waals surface area contributed by atoms with Crippen molar-refractivity contribution in [2.75, 3.05) is 24.7 Å². The number of amides is 1. The van der Waals surface area contributed by atoms with Crippen molar-refractivity contribution in [2.24, 2.45) is 0 Å². The van der Waals surface area contributed by atoms with E-state index in [2.05, 4.69) is 9.97 Å². The number of benzene rings is 2. The van der Waals surface area contributed by atoms with Crippen molar-refractivity contribution in [2.45, 2.75) is 32.1 Å². The fraction of sp³-hybridized carbons (Fsp3) is 0.320. The van der Waals surface area contributed by atoms with Gasteiger partial charge in [0.15, 0.2) is 0 Å². The predicted octanol–water partition coefficient (Wildman–Crippen LogP) is 3.72. The zero-order valence-electron chi connectivity index (χ0n) is 18.2. The van der Waals surface area contributed by atoms with Gasteiger partial charge in [0.2, 0.25) is 0 Å². The van der Waals surface area contributed by atoms with E-state index < -0.39 is 0 Å². The average Bonchev–Trinajstić information content (AvgIpc) is 3.44. The molecule has 7 nitrogen and oxygen atoms in total. The van der Waals surface area contributed by atoms with Crippen LogP contribution in [0, 0.1) is 12.7 Å². The van der Waals surface area contributed by atoms with Crippen LogP contribution in [-0.4, -0.2) is 40.0 Å². The van der Waals surface area contributed by atoms with E-state index in [1.165, 1.54) is 12.1 Å². The molecule has 2 aliphatic rings. The summed E-state index contributed by atoms with van der Waals surface area (Å²) in [4.78, 5) is 35.5. The zero-order valence-corrected chi connectivity index (χ0v) is 18.2. The maximum atomic E-state index is 13.6. The molecule has 2 aromatic heterocycles. The van der Waals surface area contributed by atoms with E-state index >= 15 is 0 Å². The summed E-state index contributed by atoms with van der Waals surface area (Å²) in [5, 5.41) is 0. The van der Waals surface area contributed by atoms with Gasteiger partial charge in [0.25, 0.3) is 11.5 Å². The number of aryl methyl sites for hydroxylation is 1. The number of hydrogen-bond donors (Lipinski definition) is 1. The van der Waals surface area contributed by atoms with E-state index in [0.717, 1.165) is 41.0 Å². The number of ether oxygens (including phenoxy) is 1. The minimum atomic E-state index is -0.299. The van der Waals surface area contributed by atoms with Crippen LogP contribution in [0.15, 0.2) is 41.3 Å². The summed E-state index contributed by atoms with van der Waals surface area (Å²) in [5.74, 6) is 0.621. The summed E-state index contributed by atoms with van der Waals surface area (Å²) in [5.41, 5.74) is 4.56. The quantitative estimate of drug-likeness (QED) is 0.509. The first-order chi connectivity index (χ1) is 16.0. The highest BCUT2D eigenvalue weighted by atomic mass is 19.1. The topological polar surface area (TPSA) is 79.7 Å². The van der Waals surface area contributed by atoms with Gasteiger partial charge in [0.05, 0.1) is 17.2 Å². The number of carbonyl (C=O) groups is 1. The van der Waals surface area contributed by atoms with E-state index in [1.54, 1.807) is 23.2 Å². The largest absolute Gasteiger partial charge is 0.381 e. The molecule has 2 aromatic carbocycles. The van der Waals surface area contributed by atoms with Gasteiger partial charge in [-0.3, -0.25) is 14.0 Å². The third kappa shape index (κ3) is 3.16. The minimum absolute atomic E-state index is 0.156. The van der Waals surface area contributed by atoms with Crippen molar-refractivity contribution in [3.05, 3.63) is 75.2 Å². The van der Waals surface area contributed by atoms with E-state index in [1.807, 2.05) is 17.4 Å². The number of aromatic nitrogens is 3. The number of halogens is 1. The first-order valence-electron chi connectivity index (χ1n) is 11.2. The van der Waals surface area contributed by atoms with Crippen molar-refractivity contribution in [1.82, 2.24) is 14.4 Å². The van der Waals surface area contributed by atoms with E-state index in [4.69, 9.17) is 4.74 Å². The van der Waals surface area contributed by atoms with Gasteiger partial charge in [-0.15, -0.1) is 0 Å². The molecule has 1 N–H and O–H groups in total. The number of anilines is 1. The Bertz CT molecular complexity index is 1480. The van der Waals surface area contributed by atoms with Crippen LogP contribution in [0.4, 0.5) is 10.1 Å². The van der Waals surface area contributed by atoms with Gasteiger partial charge in [0, 0.05) is 36.9 Å². The van der Waals surface area contributed by atoms with E-state index in [-0.39, 0.29) is 23.2 Å². The molecule has 0 unspecified atom stereocenters. The Balaban J connectivity index is 1.48. The third-order valence-corrected chi connectivity index (χ3v) is 6.85. The molecule has 168 valence electrons. The molecule has 33 heavy (non-hydrogen) atoms. The number of fused-ring (bicyclic) bond motifs is 4.